The van der Waals surface area contributed by atoms with Crippen molar-refractivity contribution in [1.82, 2.24) is 9.97 Å². The van der Waals surface area contributed by atoms with Gasteiger partial charge in [-0.2, -0.15) is 4.98 Å². The molecule has 28 heavy (non-hydrogen) atoms. The molecule has 0 bridgehead atoms. The van der Waals surface area contributed by atoms with Gasteiger partial charge >= 0.3 is 5.97 Å². The Kier molecular flexibility index (Phi) is 6.45. The second kappa shape index (κ2) is 9.19. The smallest absolute Gasteiger partial charge is 0.340 e. The maximum atomic E-state index is 12.2. The van der Waals surface area contributed by atoms with Gasteiger partial charge in [-0.1, -0.05) is 41.9 Å². The zero-order chi connectivity index (χ0) is 19.9. The normalized spacial score (nSPS) is 10.4. The Morgan fingerprint density at radius 1 is 1.11 bits per heavy atom. The van der Waals surface area contributed by atoms with E-state index in [0.717, 1.165) is 11.3 Å². The summed E-state index contributed by atoms with van der Waals surface area (Å²) in [4.78, 5) is 21.1. The Balaban J connectivity index is 1.79. The number of nitrogens with one attached hydrogen (secondary N) is 2. The number of anilines is 3. The summed E-state index contributed by atoms with van der Waals surface area (Å²) in [6.07, 6.45) is 0. The number of rotatable bonds is 7. The molecule has 0 saturated heterocycles. The van der Waals surface area contributed by atoms with Crippen molar-refractivity contribution in [1.29, 1.82) is 0 Å². The summed E-state index contributed by atoms with van der Waals surface area (Å²) in [6, 6.07) is 16.6. The molecule has 0 aliphatic carbocycles. The lowest BCUT2D eigenvalue weighted by Crippen LogP contribution is -2.10. The molecule has 0 radical (unpaired) electrons. The van der Waals surface area contributed by atoms with Crippen LogP contribution in [0.25, 0.3) is 0 Å². The lowest BCUT2D eigenvalue weighted by molar-refractivity contribution is 0.0527. The summed E-state index contributed by atoms with van der Waals surface area (Å²) in [5.41, 5.74) is 2.81. The van der Waals surface area contributed by atoms with Crippen molar-refractivity contribution in [3.8, 4) is 0 Å². The molecule has 0 atom stereocenters. The second-order valence-electron chi connectivity index (χ2n) is 6.05. The first-order valence-electron chi connectivity index (χ1n) is 8.93. The van der Waals surface area contributed by atoms with Crippen molar-refractivity contribution in [3.05, 3.63) is 76.4 Å². The number of aromatic nitrogens is 2. The summed E-state index contributed by atoms with van der Waals surface area (Å²) in [7, 11) is 0. The fourth-order valence-electron chi connectivity index (χ4n) is 2.64. The fraction of sp³-hybridized carbons (Fsp3) is 0.190. The van der Waals surface area contributed by atoms with E-state index in [4.69, 9.17) is 16.3 Å². The molecule has 0 aliphatic heterocycles. The minimum atomic E-state index is -0.381. The highest BCUT2D eigenvalue weighted by atomic mass is 35.5. The summed E-state index contributed by atoms with van der Waals surface area (Å²) in [6.45, 7) is 4.47. The number of hydrogen-bond acceptors (Lipinski definition) is 6. The van der Waals surface area contributed by atoms with Crippen LogP contribution in [0, 0.1) is 6.92 Å². The third-order valence-corrected chi connectivity index (χ3v) is 4.30. The number of carbonyl (C=O) groups is 1. The number of benzene rings is 2. The average molecular weight is 397 g/mol. The lowest BCUT2D eigenvalue weighted by atomic mass is 10.2. The Morgan fingerprint density at radius 3 is 2.64 bits per heavy atom. The highest BCUT2D eigenvalue weighted by Crippen LogP contribution is 2.22. The standard InChI is InChI=1S/C21H21ClN4O2/c1-3-28-20(27)16-9-5-7-11-18(16)25-19-12-14(2)24-21(26-19)23-13-15-8-4-6-10-17(15)22/h4-12H,3,13H2,1-2H3,(H2,23,24,25,26). The van der Waals surface area contributed by atoms with E-state index in [1.165, 1.54) is 0 Å². The largest absolute Gasteiger partial charge is 0.462 e. The average Bonchev–Trinajstić information content (AvgIpc) is 2.67. The summed E-state index contributed by atoms with van der Waals surface area (Å²) < 4.78 is 5.12. The number of aryl methyl sites for hydroxylation is 1. The van der Waals surface area contributed by atoms with Crippen LogP contribution < -0.4 is 10.6 Å². The van der Waals surface area contributed by atoms with Gasteiger partial charge in [-0.3, -0.25) is 0 Å². The van der Waals surface area contributed by atoms with Crippen LogP contribution in [0.2, 0.25) is 5.02 Å². The number of esters is 1. The van der Waals surface area contributed by atoms with Crippen molar-refractivity contribution in [3.63, 3.8) is 0 Å². The van der Waals surface area contributed by atoms with Gasteiger partial charge < -0.3 is 15.4 Å². The minimum Gasteiger partial charge on any atom is -0.462 e. The Hall–Kier alpha value is -3.12. The van der Waals surface area contributed by atoms with E-state index in [-0.39, 0.29) is 5.97 Å². The van der Waals surface area contributed by atoms with E-state index in [0.29, 0.717) is 41.2 Å². The van der Waals surface area contributed by atoms with Crippen LogP contribution in [0.5, 0.6) is 0 Å². The van der Waals surface area contributed by atoms with E-state index in [2.05, 4.69) is 20.6 Å². The highest BCUT2D eigenvalue weighted by molar-refractivity contribution is 6.31. The van der Waals surface area contributed by atoms with Crippen LogP contribution in [0.15, 0.2) is 54.6 Å². The van der Waals surface area contributed by atoms with Crippen LogP contribution in [0.4, 0.5) is 17.5 Å². The van der Waals surface area contributed by atoms with Gasteiger partial charge in [-0.25, -0.2) is 9.78 Å². The third kappa shape index (κ3) is 4.98. The van der Waals surface area contributed by atoms with Gasteiger partial charge in [-0.05, 0) is 37.6 Å². The molecule has 1 aromatic heterocycles. The zero-order valence-electron chi connectivity index (χ0n) is 15.7. The zero-order valence-corrected chi connectivity index (χ0v) is 16.5. The van der Waals surface area contributed by atoms with Crippen LogP contribution in [-0.4, -0.2) is 22.5 Å². The molecule has 3 aromatic rings. The fourth-order valence-corrected chi connectivity index (χ4v) is 2.85. The SMILES string of the molecule is CCOC(=O)c1ccccc1Nc1cc(C)nc(NCc2ccccc2Cl)n1. The molecule has 0 aliphatic rings. The van der Waals surface area contributed by atoms with E-state index in [9.17, 15) is 4.79 Å². The van der Waals surface area contributed by atoms with E-state index in [1.54, 1.807) is 25.1 Å². The molecular weight excluding hydrogens is 376 g/mol. The van der Waals surface area contributed by atoms with E-state index >= 15 is 0 Å². The molecule has 6 nitrogen and oxygen atoms in total. The Labute approximate surface area is 168 Å². The van der Waals surface area contributed by atoms with Crippen molar-refractivity contribution in [2.24, 2.45) is 0 Å². The first-order valence-corrected chi connectivity index (χ1v) is 9.30. The van der Waals surface area contributed by atoms with Gasteiger partial charge in [0.1, 0.15) is 5.82 Å². The molecule has 1 heterocycles. The molecule has 2 aromatic carbocycles. The monoisotopic (exact) mass is 396 g/mol. The van der Waals surface area contributed by atoms with Gasteiger partial charge in [0.05, 0.1) is 17.9 Å². The van der Waals surface area contributed by atoms with Crippen molar-refractivity contribution >= 4 is 35.0 Å². The van der Waals surface area contributed by atoms with Crippen LogP contribution in [0.1, 0.15) is 28.5 Å². The lowest BCUT2D eigenvalue weighted by Gasteiger charge is -2.13. The van der Waals surface area contributed by atoms with Crippen LogP contribution in [0.3, 0.4) is 0 Å². The highest BCUT2D eigenvalue weighted by Gasteiger charge is 2.13. The molecule has 0 spiro atoms. The van der Waals surface area contributed by atoms with Crippen molar-refractivity contribution in [2.45, 2.75) is 20.4 Å². The number of halogens is 1. The molecule has 0 amide bonds. The second-order valence-corrected chi connectivity index (χ2v) is 6.46. The Morgan fingerprint density at radius 2 is 1.86 bits per heavy atom. The van der Waals surface area contributed by atoms with Gasteiger partial charge in [0.25, 0.3) is 0 Å². The summed E-state index contributed by atoms with van der Waals surface area (Å²) >= 11 is 6.20. The Bertz CT molecular complexity index is 978. The molecule has 0 fully saturated rings. The van der Waals surface area contributed by atoms with Crippen LogP contribution in [-0.2, 0) is 11.3 Å². The molecule has 0 saturated carbocycles. The van der Waals surface area contributed by atoms with Gasteiger partial charge in [0, 0.05) is 23.3 Å². The topological polar surface area (TPSA) is 76.1 Å². The molecule has 0 unspecified atom stereocenters. The summed E-state index contributed by atoms with van der Waals surface area (Å²) in [5.74, 6) is 0.662. The number of hydrogen-bond donors (Lipinski definition) is 2. The van der Waals surface area contributed by atoms with Gasteiger partial charge in [-0.15, -0.1) is 0 Å². The first-order chi connectivity index (χ1) is 13.6. The number of nitrogens with zero attached hydrogens (tertiary/aromatic N) is 2. The summed E-state index contributed by atoms with van der Waals surface area (Å²) in [5, 5.41) is 7.06. The molecule has 144 valence electrons. The third-order valence-electron chi connectivity index (χ3n) is 3.93. The number of ether oxygens (including phenoxy) is 1. The first kappa shape index (κ1) is 19.6. The predicted molar refractivity (Wildman–Crippen MR) is 111 cm³/mol. The van der Waals surface area contributed by atoms with Crippen LogP contribution >= 0.6 is 11.6 Å². The maximum Gasteiger partial charge on any atom is 0.340 e. The van der Waals surface area contributed by atoms with E-state index in [1.807, 2.05) is 43.3 Å². The quantitative estimate of drug-likeness (QED) is 0.549. The minimum absolute atomic E-state index is 0.315. The molecule has 2 N–H and O–H groups in total. The van der Waals surface area contributed by atoms with Crippen molar-refractivity contribution in [2.75, 3.05) is 17.2 Å². The molecule has 3 rings (SSSR count). The van der Waals surface area contributed by atoms with E-state index < -0.39 is 0 Å². The predicted octanol–water partition coefficient (Wildman–Crippen LogP) is 4.97. The van der Waals surface area contributed by atoms with Gasteiger partial charge in [0.2, 0.25) is 5.95 Å². The number of carbonyl (C=O) groups excluding carboxylic acids is 1. The van der Waals surface area contributed by atoms with Gasteiger partial charge in [0.15, 0.2) is 0 Å². The maximum absolute atomic E-state index is 12.2. The molecular formula is C21H21ClN4O2. The number of para-hydroxylation sites is 1. The van der Waals surface area contributed by atoms with Crippen molar-refractivity contribution < 1.29 is 9.53 Å². The molecule has 7 heteroatoms.